The molecule has 0 fully saturated rings. The number of aryl methyl sites for hydroxylation is 1. The minimum atomic E-state index is -0.132. The predicted molar refractivity (Wildman–Crippen MR) is 45.0 cm³/mol. The van der Waals surface area contributed by atoms with E-state index in [1.807, 2.05) is 19.9 Å². The second-order valence-electron chi connectivity index (χ2n) is 1.75. The molecule has 0 nitrogen and oxygen atoms in total. The fourth-order valence-corrected chi connectivity index (χ4v) is 0.551. The Labute approximate surface area is 66.4 Å². The molecular formula is C9H14F2. The van der Waals surface area contributed by atoms with Gasteiger partial charge >= 0.3 is 0 Å². The molecule has 0 unspecified atom stereocenters. The molecule has 0 saturated heterocycles. The minimum absolute atomic E-state index is 0. The van der Waals surface area contributed by atoms with E-state index in [2.05, 4.69) is 0 Å². The van der Waals surface area contributed by atoms with Crippen molar-refractivity contribution in [2.45, 2.75) is 20.8 Å². The average Bonchev–Trinajstić information content (AvgIpc) is 2.00. The molecule has 0 saturated carbocycles. The highest BCUT2D eigenvalue weighted by molar-refractivity contribution is 5.14. The summed E-state index contributed by atoms with van der Waals surface area (Å²) in [4.78, 5) is 0. The van der Waals surface area contributed by atoms with Crippen molar-refractivity contribution in [1.29, 1.82) is 0 Å². The summed E-state index contributed by atoms with van der Waals surface area (Å²) >= 11 is 0. The first-order valence-electron chi connectivity index (χ1n) is 3.52. The third-order valence-corrected chi connectivity index (χ3v) is 1.08. The molecule has 0 heterocycles. The molecule has 1 aromatic carbocycles. The molecule has 1 aromatic rings. The van der Waals surface area contributed by atoms with Crippen molar-refractivity contribution in [2.24, 2.45) is 0 Å². The zero-order chi connectivity index (χ0) is 7.98. The summed E-state index contributed by atoms with van der Waals surface area (Å²) < 4.78 is 12.3. The maximum atomic E-state index is 12.3. The van der Waals surface area contributed by atoms with Gasteiger partial charge < -0.3 is 0 Å². The minimum Gasteiger partial charge on any atom is -0.269 e. The van der Waals surface area contributed by atoms with Crippen molar-refractivity contribution < 1.29 is 9.09 Å². The lowest BCUT2D eigenvalue weighted by Gasteiger charge is -1.89. The monoisotopic (exact) mass is 160 g/mol. The first-order valence-corrected chi connectivity index (χ1v) is 3.52. The van der Waals surface area contributed by atoms with E-state index in [1.54, 1.807) is 19.1 Å². The lowest BCUT2D eigenvalue weighted by molar-refractivity contribution is 0.618. The van der Waals surface area contributed by atoms with Crippen molar-refractivity contribution >= 4 is 0 Å². The van der Waals surface area contributed by atoms with Gasteiger partial charge in [-0.2, -0.15) is 0 Å². The van der Waals surface area contributed by atoms with Crippen LogP contribution in [0.25, 0.3) is 0 Å². The van der Waals surface area contributed by atoms with Gasteiger partial charge in [0.15, 0.2) is 0 Å². The van der Waals surface area contributed by atoms with Crippen LogP contribution in [-0.2, 0) is 0 Å². The van der Waals surface area contributed by atoms with Crippen LogP contribution in [0.1, 0.15) is 19.4 Å². The van der Waals surface area contributed by atoms with Gasteiger partial charge in [-0.1, -0.05) is 32.0 Å². The summed E-state index contributed by atoms with van der Waals surface area (Å²) in [5, 5.41) is 0. The third-order valence-electron chi connectivity index (χ3n) is 1.08. The molecule has 0 aliphatic heterocycles. The van der Waals surface area contributed by atoms with Gasteiger partial charge in [0.25, 0.3) is 0 Å². The number of benzene rings is 1. The molecule has 0 radical (unpaired) electrons. The summed E-state index contributed by atoms with van der Waals surface area (Å²) in [6.45, 7) is 5.75. The second kappa shape index (κ2) is 7.19. The van der Waals surface area contributed by atoms with Crippen molar-refractivity contribution in [1.82, 2.24) is 0 Å². The van der Waals surface area contributed by atoms with Crippen molar-refractivity contribution in [2.75, 3.05) is 0 Å². The molecule has 0 N–H and O–H groups in total. The Bertz CT molecular complexity index is 164. The van der Waals surface area contributed by atoms with Crippen LogP contribution < -0.4 is 0 Å². The van der Waals surface area contributed by atoms with Crippen molar-refractivity contribution in [3.63, 3.8) is 0 Å². The molecule has 0 aromatic heterocycles. The van der Waals surface area contributed by atoms with Gasteiger partial charge in [0.1, 0.15) is 5.82 Å². The van der Waals surface area contributed by atoms with Crippen LogP contribution in [0.3, 0.4) is 0 Å². The lowest BCUT2D eigenvalue weighted by atomic mass is 10.2. The van der Waals surface area contributed by atoms with Gasteiger partial charge in [-0.15, -0.1) is 0 Å². The molecule has 0 amide bonds. The van der Waals surface area contributed by atoms with Gasteiger partial charge in [-0.25, -0.2) is 4.39 Å². The Morgan fingerprint density at radius 2 is 1.55 bits per heavy atom. The zero-order valence-electron chi connectivity index (χ0n) is 7.10. The number of rotatable bonds is 0. The molecule has 0 aliphatic carbocycles. The number of halogens is 2. The van der Waals surface area contributed by atoms with Crippen LogP contribution in [-0.4, -0.2) is 0 Å². The van der Waals surface area contributed by atoms with Gasteiger partial charge in [0.2, 0.25) is 0 Å². The normalized spacial score (nSPS) is 7.27. The van der Waals surface area contributed by atoms with Crippen LogP contribution >= 0.6 is 0 Å². The predicted octanol–water partition coefficient (Wildman–Crippen LogP) is 3.31. The van der Waals surface area contributed by atoms with E-state index < -0.39 is 0 Å². The lowest BCUT2D eigenvalue weighted by Crippen LogP contribution is -1.76. The van der Waals surface area contributed by atoms with Crippen LogP contribution in [0.15, 0.2) is 24.3 Å². The van der Waals surface area contributed by atoms with E-state index in [0.717, 1.165) is 0 Å². The highest BCUT2D eigenvalue weighted by atomic mass is 19.1. The van der Waals surface area contributed by atoms with Gasteiger partial charge in [0, 0.05) is 0 Å². The fraction of sp³-hybridized carbons (Fsp3) is 0.333. The topological polar surface area (TPSA) is 0 Å². The first-order chi connectivity index (χ1) is 4.80. The maximum Gasteiger partial charge on any atom is 0.126 e. The van der Waals surface area contributed by atoms with Gasteiger partial charge in [0.05, 0.1) is 0 Å². The number of hydrogen-bond acceptors (Lipinski definition) is 0. The fourth-order valence-electron chi connectivity index (χ4n) is 0.551. The molecule has 0 aliphatic rings. The second-order valence-corrected chi connectivity index (χ2v) is 1.75. The highest BCUT2D eigenvalue weighted by Gasteiger charge is 1.88. The van der Waals surface area contributed by atoms with Gasteiger partial charge in [-0.05, 0) is 18.6 Å². The van der Waals surface area contributed by atoms with Crippen LogP contribution in [0.4, 0.5) is 9.09 Å². The van der Waals surface area contributed by atoms with E-state index in [4.69, 9.17) is 0 Å². The number of hydrogen-bond donors (Lipinski definition) is 0. The van der Waals surface area contributed by atoms with Crippen molar-refractivity contribution in [3.05, 3.63) is 35.6 Å². The van der Waals surface area contributed by atoms with Crippen LogP contribution in [0, 0.1) is 12.7 Å². The summed E-state index contributed by atoms with van der Waals surface area (Å²) in [5.74, 6) is -0.132. The van der Waals surface area contributed by atoms with Crippen LogP contribution in [0.2, 0.25) is 0 Å². The standard InChI is InChI=1S/C7H7F.C2H6.FH/c1-6-4-2-3-5-7(6)8;1-2;/h2-5H,1H3;1-2H3;1H. The Morgan fingerprint density at radius 3 is 1.82 bits per heavy atom. The summed E-state index contributed by atoms with van der Waals surface area (Å²) in [6.07, 6.45) is 0. The quantitative estimate of drug-likeness (QED) is 0.546. The summed E-state index contributed by atoms with van der Waals surface area (Å²) in [6, 6.07) is 6.70. The van der Waals surface area contributed by atoms with Gasteiger partial charge in [-0.3, -0.25) is 4.70 Å². The molecule has 0 atom stereocenters. The Balaban J connectivity index is 0. The Hall–Kier alpha value is -0.920. The van der Waals surface area contributed by atoms with Crippen molar-refractivity contribution in [3.8, 4) is 0 Å². The molecule has 11 heavy (non-hydrogen) atoms. The van der Waals surface area contributed by atoms with Crippen LogP contribution in [0.5, 0.6) is 0 Å². The highest BCUT2D eigenvalue weighted by Crippen LogP contribution is 2.01. The molecule has 1 rings (SSSR count). The molecule has 0 spiro atoms. The first kappa shape index (κ1) is 12.7. The molecule has 64 valence electrons. The largest absolute Gasteiger partial charge is 0.269 e. The van der Waals surface area contributed by atoms with E-state index in [-0.39, 0.29) is 10.5 Å². The van der Waals surface area contributed by atoms with E-state index in [9.17, 15) is 4.39 Å². The van der Waals surface area contributed by atoms with E-state index >= 15 is 0 Å². The molecule has 2 heteroatoms. The van der Waals surface area contributed by atoms with E-state index in [1.165, 1.54) is 6.07 Å². The molecule has 0 bridgehead atoms. The summed E-state index contributed by atoms with van der Waals surface area (Å²) in [7, 11) is 0. The molecular weight excluding hydrogens is 146 g/mol. The Morgan fingerprint density at radius 1 is 1.09 bits per heavy atom. The third kappa shape index (κ3) is 4.48. The average molecular weight is 160 g/mol. The zero-order valence-corrected chi connectivity index (χ0v) is 7.10. The Kier molecular flexibility index (Phi) is 8.32. The van der Waals surface area contributed by atoms with E-state index in [0.29, 0.717) is 5.56 Å². The summed E-state index contributed by atoms with van der Waals surface area (Å²) in [5.41, 5.74) is 0.701. The smallest absolute Gasteiger partial charge is 0.126 e. The maximum absolute atomic E-state index is 12.3. The SMILES string of the molecule is CC.Cc1ccccc1F.F.